The van der Waals surface area contributed by atoms with Gasteiger partial charge in [0.05, 0.1) is 29.1 Å². The predicted octanol–water partition coefficient (Wildman–Crippen LogP) is 4.33. The molecule has 12 heteroatoms. The molecule has 1 aliphatic rings. The molecule has 0 spiro atoms. The van der Waals surface area contributed by atoms with Crippen molar-refractivity contribution in [3.05, 3.63) is 58.3 Å². The Hall–Kier alpha value is -4.81. The highest BCUT2D eigenvalue weighted by Crippen LogP contribution is 2.49. The third kappa shape index (κ3) is 6.05. The Balaban J connectivity index is 1.81. The van der Waals surface area contributed by atoms with E-state index in [-0.39, 0.29) is 48.0 Å². The molecule has 2 unspecified atom stereocenters. The van der Waals surface area contributed by atoms with Gasteiger partial charge in [0.2, 0.25) is 5.43 Å². The molecule has 1 aromatic heterocycles. The number of aromatic nitrogens is 1. The number of hydrogen-bond acceptors (Lipinski definition) is 9. The molecule has 0 amide bonds. The van der Waals surface area contributed by atoms with Crippen molar-refractivity contribution >= 4 is 57.1 Å². The van der Waals surface area contributed by atoms with Gasteiger partial charge < -0.3 is 43.3 Å². The van der Waals surface area contributed by atoms with Gasteiger partial charge >= 0.3 is 11.9 Å². The molecule has 4 aromatic rings. The van der Waals surface area contributed by atoms with Gasteiger partial charge in [-0.1, -0.05) is 24.3 Å². The molecular weight excluding hydrogens is 598 g/mol. The Morgan fingerprint density at radius 3 is 2.13 bits per heavy atom. The summed E-state index contributed by atoms with van der Waals surface area (Å²) in [6.07, 6.45) is -4.68. The van der Waals surface area contributed by atoms with Crippen LogP contribution in [0.3, 0.4) is 0 Å². The molecule has 0 bridgehead atoms. The molecule has 0 radical (unpaired) electrons. The number of carbonyl (C=O) groups excluding carboxylic acids is 2. The van der Waals surface area contributed by atoms with Crippen molar-refractivity contribution in [2.75, 3.05) is 7.11 Å². The van der Waals surface area contributed by atoms with Gasteiger partial charge in [-0.05, 0) is 49.6 Å². The van der Waals surface area contributed by atoms with Crippen LogP contribution >= 0.6 is 0 Å². The summed E-state index contributed by atoms with van der Waals surface area (Å²) >= 11 is 0. The van der Waals surface area contributed by atoms with E-state index in [1.54, 1.807) is 27.0 Å². The molecular formula is C34H35NO11. The highest BCUT2D eigenvalue weighted by molar-refractivity contribution is 6.04. The number of carboxylic acid groups (broad SMARTS) is 2. The summed E-state index contributed by atoms with van der Waals surface area (Å²) in [4.78, 5) is 61.2. The van der Waals surface area contributed by atoms with E-state index in [1.807, 2.05) is 41.0 Å². The first kappa shape index (κ1) is 32.6. The predicted molar refractivity (Wildman–Crippen MR) is 168 cm³/mol. The van der Waals surface area contributed by atoms with Crippen LogP contribution in [0.15, 0.2) is 47.3 Å². The number of aldehydes is 2. The van der Waals surface area contributed by atoms with Crippen LogP contribution < -0.4 is 14.9 Å². The van der Waals surface area contributed by atoms with Gasteiger partial charge in [-0.2, -0.15) is 0 Å². The number of carbonyl (C=O) groups is 4. The molecule has 1 aliphatic heterocycles. The summed E-state index contributed by atoms with van der Waals surface area (Å²) in [6, 6.07) is 12.9. The summed E-state index contributed by atoms with van der Waals surface area (Å²) in [5, 5.41) is 21.0. The Labute approximate surface area is 263 Å². The maximum atomic E-state index is 14.3. The van der Waals surface area contributed by atoms with Gasteiger partial charge in [-0.25, -0.2) is 0 Å². The van der Waals surface area contributed by atoms with Crippen LogP contribution in [-0.2, 0) is 35.7 Å². The molecule has 4 atom stereocenters. The van der Waals surface area contributed by atoms with E-state index in [1.165, 1.54) is 7.11 Å². The van der Waals surface area contributed by atoms with Crippen molar-refractivity contribution in [3.8, 4) is 11.5 Å². The minimum atomic E-state index is -1.23. The Morgan fingerprint density at radius 2 is 1.57 bits per heavy atom. The quantitative estimate of drug-likeness (QED) is 0.159. The zero-order chi connectivity index (χ0) is 33.3. The molecule has 0 aliphatic carbocycles. The second-order valence-electron chi connectivity index (χ2n) is 11.9. The van der Waals surface area contributed by atoms with Gasteiger partial charge in [0.15, 0.2) is 0 Å². The smallest absolute Gasteiger partial charge is 0.303 e. The van der Waals surface area contributed by atoms with Crippen LogP contribution in [0.5, 0.6) is 11.5 Å². The molecule has 3 aromatic carbocycles. The number of nitrogens with zero attached hydrogens (tertiary/aromatic N) is 1. The summed E-state index contributed by atoms with van der Waals surface area (Å²) in [5.74, 6) is -1.73. The lowest BCUT2D eigenvalue weighted by molar-refractivity contribution is -0.193. The number of rotatable bonds is 13. The van der Waals surface area contributed by atoms with E-state index >= 15 is 0 Å². The van der Waals surface area contributed by atoms with Crippen molar-refractivity contribution in [3.63, 3.8) is 0 Å². The average molecular weight is 634 g/mol. The van der Waals surface area contributed by atoms with Gasteiger partial charge in [-0.3, -0.25) is 14.4 Å². The minimum absolute atomic E-state index is 0.138. The van der Waals surface area contributed by atoms with Gasteiger partial charge in [0.1, 0.15) is 54.1 Å². The van der Waals surface area contributed by atoms with Crippen molar-refractivity contribution in [2.24, 2.45) is 7.05 Å². The molecule has 0 saturated carbocycles. The molecule has 0 saturated heterocycles. The zero-order valence-corrected chi connectivity index (χ0v) is 25.8. The van der Waals surface area contributed by atoms with Crippen molar-refractivity contribution in [1.82, 2.24) is 4.57 Å². The monoisotopic (exact) mass is 633 g/mol. The second kappa shape index (κ2) is 12.9. The standard InChI is InChI=1S/C34H35NO11/c1-34(2)33(45-21(17-37)10-12-27(40)41)32(44-20(16-36)9-11-26(38)39)29-25(46-34)15-24(43-4)28-30(29)35(3)23-14-19-8-6-5-7-18(19)13-22(23)31(28)42/h5-8,13-17,20-21,32-33H,9-12H2,1-4H3,(H,38,39)(H,40,41)/t20?,21?,32-,33-/m1/s1. The van der Waals surface area contributed by atoms with E-state index in [0.29, 0.717) is 34.6 Å². The fourth-order valence-electron chi connectivity index (χ4n) is 6.14. The van der Waals surface area contributed by atoms with Crippen LogP contribution in [0.1, 0.15) is 51.2 Å². The van der Waals surface area contributed by atoms with E-state index in [4.69, 9.17) is 18.9 Å². The van der Waals surface area contributed by atoms with E-state index in [9.17, 15) is 34.2 Å². The SMILES string of the molecule is COc1cc2c(c3c1c(=O)c1cc4ccccc4cc1n3C)[C@@H](OC(C=O)CCC(=O)O)[C@@H](OC(C=O)CCC(=O)O)C(C)(C)O2. The topological polar surface area (TPSA) is 168 Å². The number of methoxy groups -OCH3 is 1. The van der Waals surface area contributed by atoms with Gasteiger partial charge in [-0.15, -0.1) is 0 Å². The van der Waals surface area contributed by atoms with Crippen LogP contribution in [0, 0.1) is 0 Å². The Morgan fingerprint density at radius 1 is 0.978 bits per heavy atom. The van der Waals surface area contributed by atoms with Gasteiger partial charge in [0, 0.05) is 31.3 Å². The fourth-order valence-corrected chi connectivity index (χ4v) is 6.14. The number of carboxylic acids is 2. The number of fused-ring (bicyclic) bond motifs is 5. The molecule has 2 heterocycles. The lowest BCUT2D eigenvalue weighted by atomic mass is 9.85. The molecule has 5 rings (SSSR count). The molecule has 46 heavy (non-hydrogen) atoms. The summed E-state index contributed by atoms with van der Waals surface area (Å²) in [6.45, 7) is 3.37. The van der Waals surface area contributed by atoms with Crippen molar-refractivity contribution in [2.45, 2.75) is 69.5 Å². The van der Waals surface area contributed by atoms with Crippen LogP contribution in [-0.4, -0.2) is 70.3 Å². The maximum Gasteiger partial charge on any atom is 0.303 e. The molecule has 242 valence electrons. The molecule has 2 N–H and O–H groups in total. The third-order valence-corrected chi connectivity index (χ3v) is 8.37. The summed E-state index contributed by atoms with van der Waals surface area (Å²) in [7, 11) is 3.21. The lowest BCUT2D eigenvalue weighted by Gasteiger charge is -2.46. The fraction of sp³-hybridized carbons (Fsp3) is 0.382. The highest BCUT2D eigenvalue weighted by atomic mass is 16.6. The molecule has 12 nitrogen and oxygen atoms in total. The zero-order valence-electron chi connectivity index (χ0n) is 25.8. The third-order valence-electron chi connectivity index (χ3n) is 8.37. The van der Waals surface area contributed by atoms with Crippen LogP contribution in [0.25, 0.3) is 32.6 Å². The van der Waals surface area contributed by atoms with E-state index in [0.717, 1.165) is 10.8 Å². The van der Waals surface area contributed by atoms with E-state index in [2.05, 4.69) is 0 Å². The molecule has 0 fully saturated rings. The number of ether oxygens (including phenoxy) is 4. The van der Waals surface area contributed by atoms with Gasteiger partial charge in [0.25, 0.3) is 0 Å². The number of aliphatic carboxylic acids is 2. The lowest BCUT2D eigenvalue weighted by Crippen LogP contribution is -2.53. The largest absolute Gasteiger partial charge is 0.496 e. The maximum absolute atomic E-state index is 14.3. The number of aryl methyl sites for hydroxylation is 1. The first-order valence-corrected chi connectivity index (χ1v) is 14.8. The van der Waals surface area contributed by atoms with Crippen molar-refractivity contribution in [1.29, 1.82) is 0 Å². The first-order chi connectivity index (χ1) is 21.9. The average Bonchev–Trinajstić information content (AvgIpc) is 3.02. The summed E-state index contributed by atoms with van der Waals surface area (Å²) < 4.78 is 26.6. The Bertz CT molecular complexity index is 1910. The summed E-state index contributed by atoms with van der Waals surface area (Å²) in [5.41, 5.74) is -0.253. The van der Waals surface area contributed by atoms with Crippen molar-refractivity contribution < 1.29 is 48.3 Å². The number of pyridine rings is 1. The van der Waals surface area contributed by atoms with E-state index < -0.39 is 42.0 Å². The number of benzene rings is 3. The second-order valence-corrected chi connectivity index (χ2v) is 11.9. The van der Waals surface area contributed by atoms with Crippen LogP contribution in [0.4, 0.5) is 0 Å². The minimum Gasteiger partial charge on any atom is -0.496 e. The normalized spacial score (nSPS) is 18.4. The number of hydrogen-bond donors (Lipinski definition) is 2. The first-order valence-electron chi connectivity index (χ1n) is 14.8. The Kier molecular flexibility index (Phi) is 9.13. The highest BCUT2D eigenvalue weighted by Gasteiger charge is 2.49. The van der Waals surface area contributed by atoms with Crippen LogP contribution in [0.2, 0.25) is 0 Å².